The number of benzene rings is 1. The Hall–Kier alpha value is -1.61. The van der Waals surface area contributed by atoms with Gasteiger partial charge in [-0.3, -0.25) is 4.90 Å². The van der Waals surface area contributed by atoms with Gasteiger partial charge in [-0.05, 0) is 17.4 Å². The number of hydrogen-bond donors (Lipinski definition) is 0. The second-order valence-electron chi connectivity index (χ2n) is 6.94. The van der Waals surface area contributed by atoms with E-state index in [2.05, 4.69) is 78.7 Å². The molecule has 0 spiro atoms. The van der Waals surface area contributed by atoms with Gasteiger partial charge in [-0.25, -0.2) is 4.98 Å². The lowest BCUT2D eigenvalue weighted by Gasteiger charge is -2.26. The summed E-state index contributed by atoms with van der Waals surface area (Å²) in [7, 11) is 0. The topological polar surface area (TPSA) is 21.1 Å². The van der Waals surface area contributed by atoms with E-state index in [0.29, 0.717) is 11.8 Å². The Kier molecular flexibility index (Phi) is 6.20. The lowest BCUT2D eigenvalue weighted by molar-refractivity contribution is 0.204. The average molecular weight is 299 g/mol. The fraction of sp³-hybridized carbons (Fsp3) is 0.526. The van der Waals surface area contributed by atoms with Gasteiger partial charge in [0.1, 0.15) is 5.82 Å². The molecule has 2 rings (SSSR count). The average Bonchev–Trinajstić information content (AvgIpc) is 2.85. The van der Waals surface area contributed by atoms with E-state index < -0.39 is 0 Å². The third kappa shape index (κ3) is 5.30. The molecule has 3 nitrogen and oxygen atoms in total. The van der Waals surface area contributed by atoms with Crippen LogP contribution in [-0.2, 0) is 13.1 Å². The highest BCUT2D eigenvalue weighted by Crippen LogP contribution is 2.11. The van der Waals surface area contributed by atoms with E-state index in [1.165, 1.54) is 5.56 Å². The van der Waals surface area contributed by atoms with Crippen molar-refractivity contribution in [2.45, 2.75) is 40.8 Å². The Balaban J connectivity index is 2.06. The predicted octanol–water partition coefficient (Wildman–Crippen LogP) is 4.05. The van der Waals surface area contributed by atoms with E-state index in [-0.39, 0.29) is 0 Å². The SMILES string of the molecule is CC(C)CN(Cc1nccn1Cc1ccccc1)CC(C)C. The summed E-state index contributed by atoms with van der Waals surface area (Å²) in [4.78, 5) is 7.11. The zero-order chi connectivity index (χ0) is 15.9. The molecule has 0 aliphatic heterocycles. The standard InChI is InChI=1S/C19H29N3/c1-16(2)12-21(13-17(3)4)15-19-20-10-11-22(19)14-18-8-6-5-7-9-18/h5-11,16-17H,12-15H2,1-4H3. The normalized spacial score (nSPS) is 11.8. The van der Waals surface area contributed by atoms with Crippen LogP contribution in [0.1, 0.15) is 39.1 Å². The highest BCUT2D eigenvalue weighted by atomic mass is 15.2. The Labute approximate surface area is 135 Å². The molecule has 0 atom stereocenters. The van der Waals surface area contributed by atoms with Gasteiger partial charge in [0.2, 0.25) is 0 Å². The molecule has 0 aliphatic rings. The van der Waals surface area contributed by atoms with E-state index in [0.717, 1.165) is 32.0 Å². The van der Waals surface area contributed by atoms with Gasteiger partial charge >= 0.3 is 0 Å². The Bertz CT molecular complexity index is 533. The first-order valence-corrected chi connectivity index (χ1v) is 8.31. The number of hydrogen-bond acceptors (Lipinski definition) is 2. The summed E-state index contributed by atoms with van der Waals surface area (Å²) in [6, 6.07) is 10.6. The van der Waals surface area contributed by atoms with Crippen molar-refractivity contribution >= 4 is 0 Å². The molecule has 1 aromatic carbocycles. The molecule has 0 aliphatic carbocycles. The molecule has 120 valence electrons. The molecular formula is C19H29N3. The van der Waals surface area contributed by atoms with Crippen molar-refractivity contribution in [1.29, 1.82) is 0 Å². The molecule has 22 heavy (non-hydrogen) atoms. The summed E-state index contributed by atoms with van der Waals surface area (Å²) in [5.74, 6) is 2.51. The molecule has 0 unspecified atom stereocenters. The van der Waals surface area contributed by atoms with Crippen molar-refractivity contribution in [1.82, 2.24) is 14.5 Å². The van der Waals surface area contributed by atoms with E-state index in [4.69, 9.17) is 0 Å². The minimum absolute atomic E-state index is 0.677. The van der Waals surface area contributed by atoms with Crippen LogP contribution in [0.2, 0.25) is 0 Å². The zero-order valence-corrected chi connectivity index (χ0v) is 14.4. The van der Waals surface area contributed by atoms with Gasteiger partial charge in [0, 0.05) is 32.0 Å². The number of nitrogens with zero attached hydrogens (tertiary/aromatic N) is 3. The van der Waals surface area contributed by atoms with Crippen LogP contribution < -0.4 is 0 Å². The van der Waals surface area contributed by atoms with Crippen molar-refractivity contribution in [3.8, 4) is 0 Å². The van der Waals surface area contributed by atoms with E-state index in [1.807, 2.05) is 6.20 Å². The van der Waals surface area contributed by atoms with Crippen molar-refractivity contribution in [2.75, 3.05) is 13.1 Å². The summed E-state index contributed by atoms with van der Waals surface area (Å²) in [6.07, 6.45) is 4.01. The highest BCUT2D eigenvalue weighted by molar-refractivity contribution is 5.15. The lowest BCUT2D eigenvalue weighted by atomic mass is 10.1. The third-order valence-electron chi connectivity index (χ3n) is 3.61. The van der Waals surface area contributed by atoms with Crippen LogP contribution in [0, 0.1) is 11.8 Å². The molecular weight excluding hydrogens is 270 g/mol. The predicted molar refractivity (Wildman–Crippen MR) is 92.7 cm³/mol. The van der Waals surface area contributed by atoms with Crippen molar-refractivity contribution in [3.63, 3.8) is 0 Å². The van der Waals surface area contributed by atoms with E-state index >= 15 is 0 Å². The van der Waals surface area contributed by atoms with Crippen LogP contribution >= 0.6 is 0 Å². The minimum atomic E-state index is 0.677. The van der Waals surface area contributed by atoms with Gasteiger partial charge < -0.3 is 4.57 Å². The Morgan fingerprint density at radius 1 is 1.00 bits per heavy atom. The van der Waals surface area contributed by atoms with E-state index in [9.17, 15) is 0 Å². The number of aromatic nitrogens is 2. The van der Waals surface area contributed by atoms with Gasteiger partial charge in [-0.15, -0.1) is 0 Å². The molecule has 0 amide bonds. The number of imidazole rings is 1. The summed E-state index contributed by atoms with van der Waals surface area (Å²) in [5.41, 5.74) is 1.32. The van der Waals surface area contributed by atoms with Crippen LogP contribution in [0.25, 0.3) is 0 Å². The molecule has 1 aromatic heterocycles. The van der Waals surface area contributed by atoms with Crippen LogP contribution in [0.15, 0.2) is 42.7 Å². The van der Waals surface area contributed by atoms with Gasteiger partial charge in [-0.1, -0.05) is 58.0 Å². The quantitative estimate of drug-likeness (QED) is 0.733. The molecule has 1 heterocycles. The largest absolute Gasteiger partial charge is 0.329 e. The Morgan fingerprint density at radius 2 is 1.64 bits per heavy atom. The molecule has 3 heteroatoms. The van der Waals surface area contributed by atoms with Crippen LogP contribution in [0.3, 0.4) is 0 Å². The summed E-state index contributed by atoms with van der Waals surface area (Å²) < 4.78 is 2.27. The maximum atomic E-state index is 4.59. The first-order valence-electron chi connectivity index (χ1n) is 8.31. The van der Waals surface area contributed by atoms with Crippen molar-refractivity contribution in [3.05, 3.63) is 54.1 Å². The summed E-state index contributed by atoms with van der Waals surface area (Å²) in [6.45, 7) is 13.2. The molecule has 0 saturated heterocycles. The lowest BCUT2D eigenvalue weighted by Crippen LogP contribution is -2.32. The fourth-order valence-corrected chi connectivity index (χ4v) is 2.85. The van der Waals surface area contributed by atoms with Crippen LogP contribution in [0.5, 0.6) is 0 Å². The third-order valence-corrected chi connectivity index (χ3v) is 3.61. The molecule has 0 N–H and O–H groups in total. The Morgan fingerprint density at radius 3 is 2.23 bits per heavy atom. The summed E-state index contributed by atoms with van der Waals surface area (Å²) in [5, 5.41) is 0. The summed E-state index contributed by atoms with van der Waals surface area (Å²) >= 11 is 0. The highest BCUT2D eigenvalue weighted by Gasteiger charge is 2.13. The zero-order valence-electron chi connectivity index (χ0n) is 14.4. The van der Waals surface area contributed by atoms with Crippen LogP contribution in [0.4, 0.5) is 0 Å². The second-order valence-corrected chi connectivity index (χ2v) is 6.94. The van der Waals surface area contributed by atoms with Gasteiger partial charge in [-0.2, -0.15) is 0 Å². The fourth-order valence-electron chi connectivity index (χ4n) is 2.85. The second kappa shape index (κ2) is 8.14. The van der Waals surface area contributed by atoms with Crippen molar-refractivity contribution in [2.24, 2.45) is 11.8 Å². The smallest absolute Gasteiger partial charge is 0.123 e. The first-order chi connectivity index (χ1) is 10.5. The number of rotatable bonds is 8. The van der Waals surface area contributed by atoms with Gasteiger partial charge in [0.25, 0.3) is 0 Å². The molecule has 0 radical (unpaired) electrons. The van der Waals surface area contributed by atoms with Gasteiger partial charge in [0.15, 0.2) is 0 Å². The molecule has 0 fully saturated rings. The maximum Gasteiger partial charge on any atom is 0.123 e. The molecule has 0 saturated carbocycles. The first kappa shape index (κ1) is 16.8. The molecule has 0 bridgehead atoms. The maximum absolute atomic E-state index is 4.59. The molecule has 2 aromatic rings. The van der Waals surface area contributed by atoms with Crippen molar-refractivity contribution < 1.29 is 0 Å². The van der Waals surface area contributed by atoms with Gasteiger partial charge in [0.05, 0.1) is 6.54 Å². The monoisotopic (exact) mass is 299 g/mol. The van der Waals surface area contributed by atoms with Crippen LogP contribution in [-0.4, -0.2) is 27.5 Å². The minimum Gasteiger partial charge on any atom is -0.329 e. The van der Waals surface area contributed by atoms with E-state index in [1.54, 1.807) is 0 Å².